The summed E-state index contributed by atoms with van der Waals surface area (Å²) in [5, 5.41) is 0. The molecule has 0 aliphatic heterocycles. The number of hydrogen-bond acceptors (Lipinski definition) is 10. The van der Waals surface area contributed by atoms with Crippen molar-refractivity contribution in [1.82, 2.24) is 0 Å². The zero-order chi connectivity index (χ0) is 22.5. The summed E-state index contributed by atoms with van der Waals surface area (Å²) in [6.45, 7) is 0. The average molecular weight is 517 g/mol. The predicted octanol–water partition coefficient (Wildman–Crippen LogP) is -3.42. The van der Waals surface area contributed by atoms with Crippen LogP contribution in [0.2, 0.25) is 0 Å². The molecule has 0 aromatic carbocycles. The van der Waals surface area contributed by atoms with Crippen molar-refractivity contribution in [2.45, 2.75) is 0 Å². The molecule has 0 aromatic heterocycles. The maximum Gasteiger partial charge on any atom is 2.00 e. The van der Waals surface area contributed by atoms with E-state index in [0.29, 0.717) is 0 Å². The van der Waals surface area contributed by atoms with Gasteiger partial charge in [0.05, 0.1) is 0 Å². The fraction of sp³-hybridized carbons (Fsp3) is 0. The molecule has 26 heteroatoms. The zero-order valence-electron chi connectivity index (χ0n) is 13.3. The van der Waals surface area contributed by atoms with Crippen LogP contribution in [0.3, 0.4) is 0 Å². The van der Waals surface area contributed by atoms with Crippen molar-refractivity contribution >= 4 is 75.0 Å². The SMILES string of the molecule is O=S(=O)(O)O.O=S(=O)(O)O.O=S(=O)(O)O.O=S(=O)(O)O.O=S(=O)(O)O.[H-].[H-].[Mg+2]. The molecule has 0 aliphatic carbocycles. The molecular formula is H12MgO20S5. The van der Waals surface area contributed by atoms with Gasteiger partial charge in [-0.05, 0) is 0 Å². The third-order valence-electron chi connectivity index (χ3n) is 0. The van der Waals surface area contributed by atoms with E-state index in [1.807, 2.05) is 0 Å². The monoisotopic (exact) mass is 516 g/mol. The Kier molecular flexibility index (Phi) is 25.2. The zero-order valence-corrected chi connectivity index (χ0v) is 16.8. The van der Waals surface area contributed by atoms with Crippen LogP contribution in [-0.2, 0) is 52.0 Å². The van der Waals surface area contributed by atoms with E-state index >= 15 is 0 Å². The van der Waals surface area contributed by atoms with Crippen LogP contribution >= 0.6 is 0 Å². The second-order valence-corrected chi connectivity index (χ2v) is 6.72. The summed E-state index contributed by atoms with van der Waals surface area (Å²) in [7, 11) is -23.3. The Balaban J connectivity index is -0.0000000290. The van der Waals surface area contributed by atoms with Crippen molar-refractivity contribution < 1.29 is 90.5 Å². The molecule has 164 valence electrons. The van der Waals surface area contributed by atoms with E-state index in [-0.39, 0.29) is 25.9 Å². The van der Waals surface area contributed by atoms with E-state index in [9.17, 15) is 0 Å². The first-order valence-electron chi connectivity index (χ1n) is 3.49. The molecule has 0 atom stereocenters. The molecule has 0 aliphatic rings. The van der Waals surface area contributed by atoms with Crippen LogP contribution in [0.15, 0.2) is 0 Å². The van der Waals surface area contributed by atoms with Crippen molar-refractivity contribution in [1.29, 1.82) is 0 Å². The molecule has 0 spiro atoms. The maximum absolute atomic E-state index is 8.74. The maximum atomic E-state index is 8.74. The van der Waals surface area contributed by atoms with E-state index in [4.69, 9.17) is 87.6 Å². The first-order chi connectivity index (χ1) is 10.0. The summed E-state index contributed by atoms with van der Waals surface area (Å²) < 4.78 is 158. The van der Waals surface area contributed by atoms with E-state index in [0.717, 1.165) is 0 Å². The predicted molar refractivity (Wildman–Crippen MR) is 78.9 cm³/mol. The first kappa shape index (κ1) is 40.7. The standard InChI is InChI=1S/Mg.5H2O4S.2H/c;5*1-5(2,3)4;;/h;5*(H2,1,2,3,4);;/q+2;;;;;;2*-1. The van der Waals surface area contributed by atoms with Gasteiger partial charge >= 0.3 is 75.0 Å². The van der Waals surface area contributed by atoms with Crippen LogP contribution < -0.4 is 0 Å². The molecule has 0 heterocycles. The third kappa shape index (κ3) is 954000. The van der Waals surface area contributed by atoms with Gasteiger partial charge in [-0.2, -0.15) is 42.1 Å². The fourth-order valence-electron chi connectivity index (χ4n) is 0. The Morgan fingerprint density at radius 2 is 0.308 bits per heavy atom. The minimum absolute atomic E-state index is 0. The Bertz CT molecular complexity index is 625. The van der Waals surface area contributed by atoms with Crippen LogP contribution in [0.25, 0.3) is 0 Å². The summed E-state index contributed by atoms with van der Waals surface area (Å²) >= 11 is 0. The van der Waals surface area contributed by atoms with Crippen molar-refractivity contribution in [3.8, 4) is 0 Å². The van der Waals surface area contributed by atoms with E-state index in [2.05, 4.69) is 0 Å². The van der Waals surface area contributed by atoms with Gasteiger partial charge in [0.15, 0.2) is 0 Å². The Labute approximate surface area is 165 Å². The van der Waals surface area contributed by atoms with Crippen molar-refractivity contribution in [3.63, 3.8) is 0 Å². The summed E-state index contributed by atoms with van der Waals surface area (Å²) in [5.74, 6) is 0. The van der Waals surface area contributed by atoms with E-state index < -0.39 is 52.0 Å². The van der Waals surface area contributed by atoms with Gasteiger partial charge in [0.25, 0.3) is 0 Å². The molecule has 0 bridgehead atoms. The van der Waals surface area contributed by atoms with Gasteiger partial charge in [-0.3, -0.25) is 45.5 Å². The number of rotatable bonds is 0. The molecule has 0 unspecified atom stereocenters. The first-order valence-corrected chi connectivity index (χ1v) is 10.5. The third-order valence-corrected chi connectivity index (χ3v) is 0. The van der Waals surface area contributed by atoms with Gasteiger partial charge in [0, 0.05) is 0 Å². The summed E-state index contributed by atoms with van der Waals surface area (Å²) in [6, 6.07) is 0. The molecule has 0 radical (unpaired) electrons. The van der Waals surface area contributed by atoms with Gasteiger partial charge in [-0.1, -0.05) is 0 Å². The molecule has 20 nitrogen and oxygen atoms in total. The Morgan fingerprint density at radius 3 is 0.308 bits per heavy atom. The molecular weight excluding hydrogens is 505 g/mol. The number of hydrogen-bond donors (Lipinski definition) is 10. The quantitative estimate of drug-likeness (QED) is 0.110. The second kappa shape index (κ2) is 16.1. The van der Waals surface area contributed by atoms with Gasteiger partial charge in [0.1, 0.15) is 0 Å². The van der Waals surface area contributed by atoms with Crippen molar-refractivity contribution in [3.05, 3.63) is 0 Å². The molecule has 10 N–H and O–H groups in total. The van der Waals surface area contributed by atoms with Gasteiger partial charge in [0.2, 0.25) is 0 Å². The molecule has 0 saturated heterocycles. The summed E-state index contributed by atoms with van der Waals surface area (Å²) in [5.41, 5.74) is 0. The fourth-order valence-corrected chi connectivity index (χ4v) is 0. The summed E-state index contributed by atoms with van der Waals surface area (Å²) in [6.07, 6.45) is 0. The topological polar surface area (TPSA) is 373 Å². The molecule has 0 rings (SSSR count). The minimum Gasteiger partial charge on any atom is -1.00 e. The van der Waals surface area contributed by atoms with Crippen molar-refractivity contribution in [2.75, 3.05) is 0 Å². The Morgan fingerprint density at radius 1 is 0.308 bits per heavy atom. The van der Waals surface area contributed by atoms with Gasteiger partial charge < -0.3 is 2.85 Å². The van der Waals surface area contributed by atoms with Crippen LogP contribution in [-0.4, -0.2) is 111 Å². The van der Waals surface area contributed by atoms with Crippen LogP contribution in [0, 0.1) is 0 Å². The molecule has 26 heavy (non-hydrogen) atoms. The molecule has 0 aromatic rings. The summed E-state index contributed by atoms with van der Waals surface area (Å²) in [4.78, 5) is 0. The molecule has 0 amide bonds. The largest absolute Gasteiger partial charge is 2.00 e. The average Bonchev–Trinajstić information content (AvgIpc) is 1.79. The van der Waals surface area contributed by atoms with Crippen LogP contribution in [0.5, 0.6) is 0 Å². The van der Waals surface area contributed by atoms with Gasteiger partial charge in [-0.25, -0.2) is 0 Å². The van der Waals surface area contributed by atoms with E-state index in [1.54, 1.807) is 0 Å². The second-order valence-electron chi connectivity index (χ2n) is 2.24. The normalized spacial score (nSPS) is 11.2. The Hall–Kier alpha value is 0.116. The van der Waals surface area contributed by atoms with E-state index in [1.165, 1.54) is 0 Å². The minimum atomic E-state index is -4.67. The smallest absolute Gasteiger partial charge is 1.00 e. The molecule has 0 fully saturated rings. The molecule has 0 saturated carbocycles. The van der Waals surface area contributed by atoms with Gasteiger partial charge in [-0.15, -0.1) is 0 Å². The van der Waals surface area contributed by atoms with Crippen LogP contribution in [0.1, 0.15) is 2.85 Å². The van der Waals surface area contributed by atoms with Crippen LogP contribution in [0.4, 0.5) is 0 Å². The van der Waals surface area contributed by atoms with Crippen molar-refractivity contribution in [2.24, 2.45) is 0 Å².